The van der Waals surface area contributed by atoms with Gasteiger partial charge in [-0.05, 0) is 48.8 Å². The largest absolute Gasteiger partial charge is 0.488 e. The van der Waals surface area contributed by atoms with Crippen LogP contribution < -0.4 is 5.46 Å². The van der Waals surface area contributed by atoms with Crippen LogP contribution in [0.25, 0.3) is 0 Å². The summed E-state index contributed by atoms with van der Waals surface area (Å²) in [6.07, 6.45) is 2.56. The van der Waals surface area contributed by atoms with E-state index >= 15 is 0 Å². The van der Waals surface area contributed by atoms with Crippen LogP contribution in [0.1, 0.15) is 32.3 Å². The van der Waals surface area contributed by atoms with E-state index in [0.717, 1.165) is 37.0 Å². The molecule has 2 rings (SSSR count). The first-order valence-corrected chi connectivity index (χ1v) is 7.23. The molecule has 0 atom stereocenters. The van der Waals surface area contributed by atoms with Gasteiger partial charge in [0.05, 0.1) is 0 Å². The van der Waals surface area contributed by atoms with Gasteiger partial charge in [-0.3, -0.25) is 4.90 Å². The molecule has 0 aromatic heterocycles. The van der Waals surface area contributed by atoms with Crippen LogP contribution in [0.15, 0.2) is 24.3 Å². The molecule has 0 bridgehead atoms. The fourth-order valence-electron chi connectivity index (χ4n) is 2.89. The van der Waals surface area contributed by atoms with Crippen LogP contribution in [0.3, 0.4) is 0 Å². The average Bonchev–Trinajstić information content (AvgIpc) is 2.39. The molecule has 1 saturated heterocycles. The zero-order valence-corrected chi connectivity index (χ0v) is 11.9. The molecule has 104 valence electrons. The molecule has 0 amide bonds. The number of likely N-dealkylation sites (tertiary alicyclic amines) is 1. The Balaban J connectivity index is 1.90. The molecule has 1 aliphatic heterocycles. The number of piperidine rings is 1. The van der Waals surface area contributed by atoms with E-state index in [1.54, 1.807) is 6.07 Å². The minimum Gasteiger partial charge on any atom is -0.423 e. The van der Waals surface area contributed by atoms with Gasteiger partial charge < -0.3 is 10.0 Å². The van der Waals surface area contributed by atoms with E-state index in [1.165, 1.54) is 12.8 Å². The van der Waals surface area contributed by atoms with Crippen molar-refractivity contribution in [2.75, 3.05) is 13.1 Å². The molecule has 0 unspecified atom stereocenters. The number of hydrogen-bond acceptors (Lipinski definition) is 3. The second-order valence-electron chi connectivity index (χ2n) is 5.98. The van der Waals surface area contributed by atoms with E-state index in [2.05, 4.69) is 24.8 Å². The lowest BCUT2D eigenvalue weighted by molar-refractivity contribution is 0.152. The van der Waals surface area contributed by atoms with Crippen LogP contribution in [-0.4, -0.2) is 35.2 Å². The van der Waals surface area contributed by atoms with Crippen molar-refractivity contribution < 1.29 is 10.0 Å². The Morgan fingerprint density at radius 3 is 2.53 bits per heavy atom. The Morgan fingerprint density at radius 1 is 1.26 bits per heavy atom. The van der Waals surface area contributed by atoms with E-state index in [1.807, 2.05) is 12.1 Å². The number of rotatable bonds is 4. The topological polar surface area (TPSA) is 43.7 Å². The maximum absolute atomic E-state index is 9.19. The van der Waals surface area contributed by atoms with Gasteiger partial charge in [0.1, 0.15) is 0 Å². The lowest BCUT2D eigenvalue weighted by atomic mass is 9.79. The molecule has 1 fully saturated rings. The molecule has 3 nitrogen and oxygen atoms in total. The second-order valence-corrected chi connectivity index (χ2v) is 5.98. The summed E-state index contributed by atoms with van der Waals surface area (Å²) in [7, 11) is -1.37. The molecule has 2 N–H and O–H groups in total. The van der Waals surface area contributed by atoms with E-state index in [9.17, 15) is 10.0 Å². The summed E-state index contributed by atoms with van der Waals surface area (Å²) in [4.78, 5) is 2.46. The molecular weight excluding hydrogens is 237 g/mol. The minimum absolute atomic E-state index is 0.578. The van der Waals surface area contributed by atoms with Crippen LogP contribution in [0.4, 0.5) is 0 Å². The Hall–Kier alpha value is -0.835. The molecule has 19 heavy (non-hydrogen) atoms. The molecule has 0 radical (unpaired) electrons. The monoisotopic (exact) mass is 261 g/mol. The van der Waals surface area contributed by atoms with Crippen LogP contribution in [0, 0.1) is 11.8 Å². The smallest absolute Gasteiger partial charge is 0.423 e. The Labute approximate surface area is 116 Å². The number of benzene rings is 1. The summed E-state index contributed by atoms with van der Waals surface area (Å²) < 4.78 is 0. The summed E-state index contributed by atoms with van der Waals surface area (Å²) in [6.45, 7) is 7.83. The highest BCUT2D eigenvalue weighted by atomic mass is 16.4. The number of nitrogens with zero attached hydrogens (tertiary/aromatic N) is 1. The molecule has 0 aliphatic carbocycles. The summed E-state index contributed by atoms with van der Waals surface area (Å²) >= 11 is 0. The fourth-order valence-corrected chi connectivity index (χ4v) is 2.89. The maximum atomic E-state index is 9.19. The first kappa shape index (κ1) is 14.6. The highest BCUT2D eigenvalue weighted by Crippen LogP contribution is 2.25. The van der Waals surface area contributed by atoms with Crippen molar-refractivity contribution in [2.45, 2.75) is 33.2 Å². The maximum Gasteiger partial charge on any atom is 0.488 e. The number of hydrogen-bond donors (Lipinski definition) is 2. The SMILES string of the molecule is CC(C)C1CCN(Cc2cccc(B(O)O)c2)CC1. The summed E-state index contributed by atoms with van der Waals surface area (Å²) in [6, 6.07) is 7.59. The van der Waals surface area contributed by atoms with Gasteiger partial charge >= 0.3 is 7.12 Å². The summed E-state index contributed by atoms with van der Waals surface area (Å²) in [5.41, 5.74) is 1.74. The van der Waals surface area contributed by atoms with Crippen molar-refractivity contribution in [3.05, 3.63) is 29.8 Å². The van der Waals surface area contributed by atoms with E-state index in [-0.39, 0.29) is 0 Å². The van der Waals surface area contributed by atoms with Gasteiger partial charge in [-0.25, -0.2) is 0 Å². The van der Waals surface area contributed by atoms with Gasteiger partial charge in [-0.15, -0.1) is 0 Å². The molecule has 1 aromatic rings. The molecule has 1 aliphatic rings. The van der Waals surface area contributed by atoms with Crippen molar-refractivity contribution in [2.24, 2.45) is 11.8 Å². The quantitative estimate of drug-likeness (QED) is 0.801. The zero-order valence-electron chi connectivity index (χ0n) is 11.9. The Bertz CT molecular complexity index is 401. The lowest BCUT2D eigenvalue weighted by Gasteiger charge is -2.33. The molecule has 0 spiro atoms. The zero-order chi connectivity index (χ0) is 13.8. The molecular formula is C15H24BNO2. The van der Waals surface area contributed by atoms with Crippen molar-refractivity contribution in [3.8, 4) is 0 Å². The van der Waals surface area contributed by atoms with E-state index in [4.69, 9.17) is 0 Å². The van der Waals surface area contributed by atoms with Crippen molar-refractivity contribution in [1.29, 1.82) is 0 Å². The van der Waals surface area contributed by atoms with E-state index in [0.29, 0.717) is 5.46 Å². The van der Waals surface area contributed by atoms with Crippen molar-refractivity contribution in [1.82, 2.24) is 4.90 Å². The summed E-state index contributed by atoms with van der Waals surface area (Å²) in [5.74, 6) is 1.65. The average molecular weight is 261 g/mol. The fraction of sp³-hybridized carbons (Fsp3) is 0.600. The highest BCUT2D eigenvalue weighted by Gasteiger charge is 2.21. The van der Waals surface area contributed by atoms with Gasteiger partial charge in [0.25, 0.3) is 0 Å². The van der Waals surface area contributed by atoms with Crippen LogP contribution in [-0.2, 0) is 6.54 Å². The standard InChI is InChI=1S/C15H24BNO2/c1-12(2)14-6-8-17(9-7-14)11-13-4-3-5-15(10-13)16(18)19/h3-5,10,12,14,18-19H,6-9,11H2,1-2H3. The highest BCUT2D eigenvalue weighted by molar-refractivity contribution is 6.58. The Morgan fingerprint density at radius 2 is 1.95 bits per heavy atom. The third kappa shape index (κ3) is 4.06. The van der Waals surface area contributed by atoms with Gasteiger partial charge in [0.15, 0.2) is 0 Å². The van der Waals surface area contributed by atoms with Crippen LogP contribution in [0.2, 0.25) is 0 Å². The molecule has 1 aromatic carbocycles. The predicted octanol–water partition coefficient (Wildman–Crippen LogP) is 1.23. The van der Waals surface area contributed by atoms with Crippen LogP contribution >= 0.6 is 0 Å². The molecule has 0 saturated carbocycles. The minimum atomic E-state index is -1.37. The van der Waals surface area contributed by atoms with Crippen molar-refractivity contribution in [3.63, 3.8) is 0 Å². The van der Waals surface area contributed by atoms with E-state index < -0.39 is 7.12 Å². The summed E-state index contributed by atoms with van der Waals surface area (Å²) in [5, 5.41) is 18.4. The lowest BCUT2D eigenvalue weighted by Crippen LogP contribution is -2.35. The normalized spacial score (nSPS) is 17.9. The van der Waals surface area contributed by atoms with Gasteiger partial charge in [-0.1, -0.05) is 38.1 Å². The van der Waals surface area contributed by atoms with Crippen LogP contribution in [0.5, 0.6) is 0 Å². The third-order valence-corrected chi connectivity index (χ3v) is 4.23. The molecule has 1 heterocycles. The van der Waals surface area contributed by atoms with Gasteiger partial charge in [0, 0.05) is 6.54 Å². The second kappa shape index (κ2) is 6.55. The van der Waals surface area contributed by atoms with Gasteiger partial charge in [0.2, 0.25) is 0 Å². The van der Waals surface area contributed by atoms with Crippen molar-refractivity contribution >= 4 is 12.6 Å². The first-order chi connectivity index (χ1) is 9.06. The molecule has 4 heteroatoms. The first-order valence-electron chi connectivity index (χ1n) is 7.23. The third-order valence-electron chi connectivity index (χ3n) is 4.23. The Kier molecular flexibility index (Phi) is 5.02. The predicted molar refractivity (Wildman–Crippen MR) is 79.1 cm³/mol. The van der Waals surface area contributed by atoms with Gasteiger partial charge in [-0.2, -0.15) is 0 Å².